The lowest BCUT2D eigenvalue weighted by Crippen LogP contribution is -2.15. The summed E-state index contributed by atoms with van der Waals surface area (Å²) in [6.07, 6.45) is -0.391. The highest BCUT2D eigenvalue weighted by Gasteiger charge is 1.95. The van der Waals surface area contributed by atoms with Gasteiger partial charge in [-0.2, -0.15) is 0 Å². The van der Waals surface area contributed by atoms with Gasteiger partial charge in [-0.25, -0.2) is 0 Å². The molecule has 0 aromatic heterocycles. The van der Waals surface area contributed by atoms with Gasteiger partial charge in [0.2, 0.25) is 0 Å². The van der Waals surface area contributed by atoms with Crippen LogP contribution in [-0.4, -0.2) is 152 Å². The fourth-order valence-electron chi connectivity index (χ4n) is 0.466. The zero-order chi connectivity index (χ0) is 25.5. The third-order valence-corrected chi connectivity index (χ3v) is 2.16. The molecule has 13 nitrogen and oxygen atoms in total. The van der Waals surface area contributed by atoms with Gasteiger partial charge in [0.15, 0.2) is 0 Å². The van der Waals surface area contributed by atoms with Crippen LogP contribution in [0.5, 0.6) is 0 Å². The number of ether oxygens (including phenoxy) is 1. The van der Waals surface area contributed by atoms with Crippen molar-refractivity contribution in [3.63, 3.8) is 0 Å². The number of rotatable bonds is 12. The van der Waals surface area contributed by atoms with Crippen LogP contribution in [0.3, 0.4) is 0 Å². The van der Waals surface area contributed by atoms with E-state index in [4.69, 9.17) is 66.0 Å². The van der Waals surface area contributed by atoms with Crippen molar-refractivity contribution >= 4 is 0 Å². The second-order valence-electron chi connectivity index (χ2n) is 5.19. The van der Waals surface area contributed by atoms with Crippen molar-refractivity contribution in [2.24, 2.45) is 0 Å². The maximum atomic E-state index is 8.17. The molecule has 0 unspecified atom stereocenters. The zero-order valence-corrected chi connectivity index (χ0v) is 17.7. The quantitative estimate of drug-likeness (QED) is 0.0949. The van der Waals surface area contributed by atoms with Gasteiger partial charge in [-0.3, -0.25) is 0 Å². The van der Waals surface area contributed by atoms with Crippen molar-refractivity contribution in [2.45, 2.75) is 24.4 Å². The van der Waals surface area contributed by atoms with Gasteiger partial charge in [-0.05, 0) is 0 Å². The second kappa shape index (κ2) is 39.4. The summed E-state index contributed by atoms with van der Waals surface area (Å²) in [4.78, 5) is 0. The summed E-state index contributed by atoms with van der Waals surface area (Å²) in [6, 6.07) is 0. The van der Waals surface area contributed by atoms with Crippen LogP contribution in [0.2, 0.25) is 0 Å². The second-order valence-corrected chi connectivity index (χ2v) is 5.19. The molecule has 13 heteroatoms. The molecule has 0 aliphatic heterocycles. The van der Waals surface area contributed by atoms with E-state index >= 15 is 0 Å². The first-order valence-corrected chi connectivity index (χ1v) is 9.04. The average Bonchev–Trinajstić information content (AvgIpc) is 2.83. The van der Waals surface area contributed by atoms with Gasteiger partial charge in [0.1, 0.15) is 24.4 Å². The largest absolute Gasteiger partial charge is 0.394 e. The number of hydrogen-bond acceptors (Lipinski definition) is 13. The summed E-state index contributed by atoms with van der Waals surface area (Å²) in [5.74, 6) is 0. The van der Waals surface area contributed by atoms with Gasteiger partial charge in [0, 0.05) is 0 Å². The van der Waals surface area contributed by atoms with Crippen molar-refractivity contribution < 1.29 is 66.0 Å². The van der Waals surface area contributed by atoms with Gasteiger partial charge in [0.25, 0.3) is 0 Å². The molecule has 0 saturated carbocycles. The maximum absolute atomic E-state index is 8.17. The Hall–Kier alpha value is -1.04. The Bertz CT molecular complexity index is 244. The molecule has 0 fully saturated rings. The van der Waals surface area contributed by atoms with E-state index in [1.54, 1.807) is 12.2 Å². The molecule has 0 rings (SSSR count). The standard InChI is InChI=1S/C6H10O.4C3H8O3/c1-3-5-7-6-4-2;4*4-1-3(6)2-5/h3-4H,1-2,5-6H2;4*3-6H,1-2H2. The van der Waals surface area contributed by atoms with E-state index in [0.29, 0.717) is 13.2 Å². The van der Waals surface area contributed by atoms with E-state index in [1.165, 1.54) is 0 Å². The summed E-state index contributed by atoms with van der Waals surface area (Å²) >= 11 is 0. The fourth-order valence-corrected chi connectivity index (χ4v) is 0.466. The third kappa shape index (κ3) is 58.6. The van der Waals surface area contributed by atoms with Gasteiger partial charge in [-0.15, -0.1) is 13.2 Å². The molecule has 0 atom stereocenters. The van der Waals surface area contributed by atoms with Gasteiger partial charge < -0.3 is 66.0 Å². The van der Waals surface area contributed by atoms with E-state index < -0.39 is 24.4 Å². The zero-order valence-electron chi connectivity index (χ0n) is 17.7. The van der Waals surface area contributed by atoms with Crippen molar-refractivity contribution in [2.75, 3.05) is 66.1 Å². The average molecular weight is 467 g/mol. The van der Waals surface area contributed by atoms with Crippen LogP contribution < -0.4 is 0 Å². The van der Waals surface area contributed by atoms with E-state index in [9.17, 15) is 0 Å². The summed E-state index contributed by atoms with van der Waals surface area (Å²) in [6.45, 7) is 5.26. The molecular weight excluding hydrogens is 424 g/mol. The first-order chi connectivity index (χ1) is 14.6. The predicted molar refractivity (Wildman–Crippen MR) is 112 cm³/mol. The molecule has 12 N–H and O–H groups in total. The van der Waals surface area contributed by atoms with Crippen molar-refractivity contribution in [3.05, 3.63) is 25.3 Å². The molecule has 0 amide bonds. The minimum atomic E-state index is -0.954. The minimum absolute atomic E-state index is 0.365. The lowest BCUT2D eigenvalue weighted by atomic mass is 10.4. The van der Waals surface area contributed by atoms with E-state index in [1.807, 2.05) is 0 Å². The molecule has 192 valence electrons. The molecule has 0 bridgehead atoms. The normalized spacial score (nSPS) is 9.55. The maximum Gasteiger partial charge on any atom is 0.100 e. The third-order valence-electron chi connectivity index (χ3n) is 2.16. The molecule has 31 heavy (non-hydrogen) atoms. The highest BCUT2D eigenvalue weighted by molar-refractivity contribution is 4.68. The lowest BCUT2D eigenvalue weighted by molar-refractivity contribution is 0.0450. The minimum Gasteiger partial charge on any atom is -0.394 e. The van der Waals surface area contributed by atoms with Crippen LogP contribution in [-0.2, 0) is 4.74 Å². The van der Waals surface area contributed by atoms with E-state index in [0.717, 1.165) is 0 Å². The lowest BCUT2D eigenvalue weighted by Gasteiger charge is -1.96. The van der Waals surface area contributed by atoms with Gasteiger partial charge in [-0.1, -0.05) is 12.2 Å². The molecular formula is C18H42O13. The van der Waals surface area contributed by atoms with E-state index in [-0.39, 0.29) is 52.9 Å². The topological polar surface area (TPSA) is 252 Å². The molecule has 0 heterocycles. The first-order valence-electron chi connectivity index (χ1n) is 9.04. The highest BCUT2D eigenvalue weighted by Crippen LogP contribution is 1.74. The summed E-state index contributed by atoms with van der Waals surface area (Å²) < 4.78 is 4.90. The van der Waals surface area contributed by atoms with Crippen LogP contribution in [0.25, 0.3) is 0 Å². The van der Waals surface area contributed by atoms with Crippen LogP contribution >= 0.6 is 0 Å². The molecule has 0 radical (unpaired) electrons. The Morgan fingerprint density at radius 2 is 0.613 bits per heavy atom. The van der Waals surface area contributed by atoms with Crippen LogP contribution in [0, 0.1) is 0 Å². The van der Waals surface area contributed by atoms with Crippen molar-refractivity contribution in [1.29, 1.82) is 0 Å². The Morgan fingerprint density at radius 3 is 0.677 bits per heavy atom. The van der Waals surface area contributed by atoms with Gasteiger partial charge in [0.05, 0.1) is 66.1 Å². The van der Waals surface area contributed by atoms with Crippen LogP contribution in [0.4, 0.5) is 0 Å². The van der Waals surface area contributed by atoms with Crippen LogP contribution in [0.15, 0.2) is 25.3 Å². The monoisotopic (exact) mass is 466 g/mol. The summed E-state index contributed by atoms with van der Waals surface area (Å²) in [7, 11) is 0. The predicted octanol–water partition coefficient (Wildman–Crippen LogP) is -5.30. The van der Waals surface area contributed by atoms with Crippen molar-refractivity contribution in [1.82, 2.24) is 0 Å². The molecule has 0 aliphatic rings. The Kier molecular flexibility index (Phi) is 51.3. The Balaban J connectivity index is -0.0000000910. The highest BCUT2D eigenvalue weighted by atomic mass is 16.5. The SMILES string of the molecule is C=CCOCC=C.OCC(O)CO.OCC(O)CO.OCC(O)CO.OCC(O)CO. The summed E-state index contributed by atoms with van der Waals surface area (Å²) in [5.41, 5.74) is 0. The smallest absolute Gasteiger partial charge is 0.100 e. The molecule has 0 aliphatic carbocycles. The van der Waals surface area contributed by atoms with Crippen LogP contribution in [0.1, 0.15) is 0 Å². The van der Waals surface area contributed by atoms with Crippen molar-refractivity contribution in [3.8, 4) is 0 Å². The molecule has 0 saturated heterocycles. The number of aliphatic hydroxyl groups is 12. The molecule has 0 aromatic rings. The number of aliphatic hydroxyl groups excluding tert-OH is 12. The fraction of sp³-hybridized carbons (Fsp3) is 0.778. The summed E-state index contributed by atoms with van der Waals surface area (Å²) in [5, 5.41) is 96.1. The number of hydrogen-bond donors (Lipinski definition) is 12. The van der Waals surface area contributed by atoms with E-state index in [2.05, 4.69) is 13.2 Å². The van der Waals surface area contributed by atoms with Gasteiger partial charge >= 0.3 is 0 Å². The Labute approximate surface area is 182 Å². The molecule has 0 aromatic carbocycles. The molecule has 0 spiro atoms. The first kappa shape index (κ1) is 40.3. The Morgan fingerprint density at radius 1 is 0.452 bits per heavy atom.